The molecule has 2 aliphatic rings. The van der Waals surface area contributed by atoms with Gasteiger partial charge in [0.05, 0.1) is 15.9 Å². The first kappa shape index (κ1) is 22.1. The van der Waals surface area contributed by atoms with E-state index in [1.165, 1.54) is 0 Å². The molecule has 1 aromatic rings. The number of sulfone groups is 1. The quantitative estimate of drug-likeness (QED) is 0.630. The Morgan fingerprint density at radius 1 is 1.11 bits per heavy atom. The number of rotatable bonds is 5. The fourth-order valence-electron chi connectivity index (χ4n) is 3.56. The highest BCUT2D eigenvalue weighted by Gasteiger charge is 2.44. The Balaban J connectivity index is 1.94. The number of benzene rings is 1. The van der Waals surface area contributed by atoms with E-state index in [0.717, 1.165) is 31.0 Å². The molecule has 156 valence electrons. The number of hydrogen-bond donors (Lipinski definition) is 0. The highest BCUT2D eigenvalue weighted by molar-refractivity contribution is 7.99. The minimum absolute atomic E-state index is 0.0825. The fourth-order valence-corrected chi connectivity index (χ4v) is 7.49. The van der Waals surface area contributed by atoms with E-state index >= 15 is 0 Å². The molecule has 1 fully saturated rings. The highest BCUT2D eigenvalue weighted by Crippen LogP contribution is 2.41. The Morgan fingerprint density at radius 3 is 2.29 bits per heavy atom. The number of thioether (sulfide) groups is 1. The van der Waals surface area contributed by atoms with Crippen LogP contribution >= 0.6 is 11.8 Å². The molecule has 4 nitrogen and oxygen atoms in total. The van der Waals surface area contributed by atoms with Crippen molar-refractivity contribution in [1.82, 2.24) is 4.90 Å². The Kier molecular flexibility index (Phi) is 6.52. The van der Waals surface area contributed by atoms with Gasteiger partial charge in [0.25, 0.3) is 0 Å². The van der Waals surface area contributed by atoms with Crippen LogP contribution in [0.5, 0.6) is 0 Å². The zero-order valence-corrected chi connectivity index (χ0v) is 20.3. The van der Waals surface area contributed by atoms with Crippen LogP contribution in [0.15, 0.2) is 46.2 Å². The molecular formula is C21H33NO3S2Si. The second-order valence-corrected chi connectivity index (χ2v) is 17.1. The van der Waals surface area contributed by atoms with Crippen LogP contribution in [-0.2, 0) is 14.3 Å². The largest absolute Gasteiger partial charge is 0.410 e. The van der Waals surface area contributed by atoms with Gasteiger partial charge < -0.3 is 4.43 Å². The molecule has 0 amide bonds. The lowest BCUT2D eigenvalue weighted by atomic mass is 10.2. The third-order valence-corrected chi connectivity index (χ3v) is 13.6. The summed E-state index contributed by atoms with van der Waals surface area (Å²) in [4.78, 5) is 3.26. The van der Waals surface area contributed by atoms with Crippen molar-refractivity contribution in [3.63, 3.8) is 0 Å². The van der Waals surface area contributed by atoms with Gasteiger partial charge in [0.2, 0.25) is 9.84 Å². The monoisotopic (exact) mass is 439 g/mol. The molecule has 1 heterocycles. The second kappa shape index (κ2) is 8.26. The molecule has 0 radical (unpaired) electrons. The van der Waals surface area contributed by atoms with Crippen molar-refractivity contribution in [2.45, 2.75) is 62.4 Å². The third-order valence-electron chi connectivity index (χ3n) is 6.24. The highest BCUT2D eigenvalue weighted by atomic mass is 32.2. The summed E-state index contributed by atoms with van der Waals surface area (Å²) in [6.45, 7) is 13.0. The summed E-state index contributed by atoms with van der Waals surface area (Å²) in [6, 6.07) is 8.74. The van der Waals surface area contributed by atoms with Gasteiger partial charge in [-0.3, -0.25) is 4.90 Å². The number of hydrogen-bond acceptors (Lipinski definition) is 5. The molecule has 7 heteroatoms. The van der Waals surface area contributed by atoms with Crippen molar-refractivity contribution in [1.29, 1.82) is 0 Å². The van der Waals surface area contributed by atoms with Crippen LogP contribution in [0.3, 0.4) is 0 Å². The lowest BCUT2D eigenvalue weighted by molar-refractivity contribution is 0.175. The Hall–Kier alpha value is -0.603. The van der Waals surface area contributed by atoms with Crippen molar-refractivity contribution in [3.8, 4) is 0 Å². The summed E-state index contributed by atoms with van der Waals surface area (Å²) in [5, 5.41) is 0.0964. The molecule has 0 aromatic heterocycles. The summed E-state index contributed by atoms with van der Waals surface area (Å²) < 4.78 is 33.5. The van der Waals surface area contributed by atoms with Crippen LogP contribution in [0.25, 0.3) is 0 Å². The third kappa shape index (κ3) is 4.59. The van der Waals surface area contributed by atoms with Crippen molar-refractivity contribution >= 4 is 29.9 Å². The van der Waals surface area contributed by atoms with Gasteiger partial charge in [-0.2, -0.15) is 11.8 Å². The van der Waals surface area contributed by atoms with Crippen molar-refractivity contribution in [3.05, 3.63) is 41.3 Å². The second-order valence-electron chi connectivity index (χ2n) is 9.20. The molecule has 28 heavy (non-hydrogen) atoms. The van der Waals surface area contributed by atoms with Gasteiger partial charge in [0.1, 0.15) is 0 Å². The van der Waals surface area contributed by atoms with E-state index in [1.807, 2.05) is 23.9 Å². The van der Waals surface area contributed by atoms with Crippen LogP contribution < -0.4 is 0 Å². The Morgan fingerprint density at radius 2 is 1.71 bits per heavy atom. The lowest BCUT2D eigenvalue weighted by Crippen LogP contribution is -2.45. The van der Waals surface area contributed by atoms with Crippen LogP contribution in [0, 0.1) is 0 Å². The first-order valence-corrected chi connectivity index (χ1v) is 15.6. The van der Waals surface area contributed by atoms with Crippen molar-refractivity contribution < 1.29 is 12.8 Å². The maximum absolute atomic E-state index is 13.5. The molecule has 0 saturated carbocycles. The number of nitrogens with zero attached hydrogens (tertiary/aromatic N) is 1. The minimum atomic E-state index is -3.51. The first-order valence-electron chi connectivity index (χ1n) is 10.0. The molecule has 0 N–H and O–H groups in total. The minimum Gasteiger partial charge on any atom is -0.410 e. The van der Waals surface area contributed by atoms with Gasteiger partial charge in [0, 0.05) is 30.6 Å². The average Bonchev–Trinajstić information content (AvgIpc) is 3.06. The average molecular weight is 440 g/mol. The summed E-state index contributed by atoms with van der Waals surface area (Å²) in [5.74, 6) is 2.12. The molecule has 0 bridgehead atoms. The maximum atomic E-state index is 13.5. The molecule has 2 atom stereocenters. The molecule has 0 spiro atoms. The Labute approximate surface area is 175 Å². The van der Waals surface area contributed by atoms with Gasteiger partial charge in [-0.1, -0.05) is 39.0 Å². The molecular weight excluding hydrogens is 406 g/mol. The molecule has 0 unspecified atom stereocenters. The van der Waals surface area contributed by atoms with Crippen LogP contribution in [0.2, 0.25) is 18.1 Å². The molecule has 3 rings (SSSR count). The zero-order chi connectivity index (χ0) is 20.6. The molecule has 1 aliphatic carbocycles. The summed E-state index contributed by atoms with van der Waals surface area (Å²) in [6.07, 6.45) is 2.52. The summed E-state index contributed by atoms with van der Waals surface area (Å²) in [5.41, 5.74) is 0. The molecule has 1 aromatic carbocycles. The fraction of sp³-hybridized carbons (Fsp3) is 0.619. The first-order chi connectivity index (χ1) is 13.0. The van der Waals surface area contributed by atoms with E-state index in [4.69, 9.17) is 4.43 Å². The van der Waals surface area contributed by atoms with Crippen LogP contribution in [0.4, 0.5) is 0 Å². The Bertz CT molecular complexity index is 810. The van der Waals surface area contributed by atoms with Gasteiger partial charge in [-0.25, -0.2) is 8.42 Å². The summed E-state index contributed by atoms with van der Waals surface area (Å²) >= 11 is 1.94. The maximum Gasteiger partial charge on any atom is 0.204 e. The van der Waals surface area contributed by atoms with Crippen LogP contribution in [-0.4, -0.2) is 58.4 Å². The standard InChI is InChI=1S/C21H33NO3S2Si/c1-21(2,3)28(4,5)25-17-15-19(22-11-13-26-14-12-22)20(16-17)27(23,24)18-9-7-6-8-10-18/h6-10,16-17,19H,11-15H2,1-5H3/t17-,19+/m0/s1. The zero-order valence-electron chi connectivity index (χ0n) is 17.6. The van der Waals surface area contributed by atoms with Crippen molar-refractivity contribution in [2.75, 3.05) is 24.6 Å². The topological polar surface area (TPSA) is 46.6 Å². The SMILES string of the molecule is CC(C)(C)[Si](C)(C)O[C@@H]1C=C(S(=O)(=O)c2ccccc2)[C@H](N2CCSCC2)C1. The lowest BCUT2D eigenvalue weighted by Gasteiger charge is -2.39. The predicted molar refractivity (Wildman–Crippen MR) is 121 cm³/mol. The van der Waals surface area contributed by atoms with E-state index in [0.29, 0.717) is 9.80 Å². The van der Waals surface area contributed by atoms with E-state index < -0.39 is 18.2 Å². The summed E-state index contributed by atoms with van der Waals surface area (Å²) in [7, 11) is -5.49. The van der Waals surface area contributed by atoms with Crippen LogP contribution in [0.1, 0.15) is 27.2 Å². The van der Waals surface area contributed by atoms with E-state index in [1.54, 1.807) is 24.3 Å². The van der Waals surface area contributed by atoms with E-state index in [-0.39, 0.29) is 17.2 Å². The predicted octanol–water partition coefficient (Wildman–Crippen LogP) is 4.56. The van der Waals surface area contributed by atoms with Gasteiger partial charge >= 0.3 is 0 Å². The normalized spacial score (nSPS) is 25.0. The molecule has 1 aliphatic heterocycles. The van der Waals surface area contributed by atoms with Crippen molar-refractivity contribution in [2.24, 2.45) is 0 Å². The van der Waals surface area contributed by atoms with Gasteiger partial charge in [-0.05, 0) is 42.8 Å². The van der Waals surface area contributed by atoms with E-state index in [2.05, 4.69) is 38.8 Å². The van der Waals surface area contributed by atoms with Gasteiger partial charge in [-0.15, -0.1) is 0 Å². The van der Waals surface area contributed by atoms with E-state index in [9.17, 15) is 8.42 Å². The molecule has 1 saturated heterocycles. The van der Waals surface area contributed by atoms with Gasteiger partial charge in [0.15, 0.2) is 8.32 Å². The smallest absolute Gasteiger partial charge is 0.204 e.